The molecule has 0 fully saturated rings. The van der Waals surface area contributed by atoms with Gasteiger partial charge < -0.3 is 14.4 Å². The van der Waals surface area contributed by atoms with E-state index < -0.39 is 0 Å². The zero-order chi connectivity index (χ0) is 30.8. The number of benzene rings is 3. The van der Waals surface area contributed by atoms with Gasteiger partial charge in [-0.1, -0.05) is 90.1 Å². The molecule has 4 heteroatoms. The Balaban J connectivity index is 1.44. The fraction of sp³-hybridized carbons (Fsp3) is 0.462. The highest BCUT2D eigenvalue weighted by Gasteiger charge is 2.28. The van der Waals surface area contributed by atoms with E-state index in [4.69, 9.17) is 0 Å². The summed E-state index contributed by atoms with van der Waals surface area (Å²) in [5.41, 5.74) is 10.7. The van der Waals surface area contributed by atoms with Crippen LogP contribution in [0.3, 0.4) is 0 Å². The lowest BCUT2D eigenvalue weighted by atomic mass is 9.84. The molecule has 1 unspecified atom stereocenters. The van der Waals surface area contributed by atoms with Crippen molar-refractivity contribution in [1.29, 1.82) is 0 Å². The quantitative estimate of drug-likeness (QED) is 0.188. The molecule has 1 amide bonds. The van der Waals surface area contributed by atoms with E-state index in [1.807, 2.05) is 0 Å². The molecule has 1 aromatic heterocycles. The summed E-state index contributed by atoms with van der Waals surface area (Å²) >= 11 is 0. The van der Waals surface area contributed by atoms with Crippen molar-refractivity contribution in [2.75, 3.05) is 32.1 Å². The van der Waals surface area contributed by atoms with E-state index in [1.54, 1.807) is 0 Å². The standard InChI is InChI=1S/C39H51N3O/c1-26(2)32-20-34(27(3)4)36(35(21-32)28(5)6)25-41-24-31(33-14-10-12-16-38(33)41)17-18-39(43)42-23-29(22-40(7)8)19-30-13-9-11-15-37(30)42/h9-16,20-21,24,26-29H,17-19,22-23,25H2,1-8H3. The van der Waals surface area contributed by atoms with Crippen LogP contribution in [0.1, 0.15) is 99.1 Å². The van der Waals surface area contributed by atoms with Crippen LogP contribution in [-0.4, -0.2) is 42.6 Å². The van der Waals surface area contributed by atoms with Crippen molar-refractivity contribution in [2.45, 2.75) is 85.1 Å². The number of aromatic nitrogens is 1. The Kier molecular flexibility index (Phi) is 9.46. The lowest BCUT2D eigenvalue weighted by molar-refractivity contribution is -0.118. The van der Waals surface area contributed by atoms with Crippen LogP contribution in [0.15, 0.2) is 66.9 Å². The topological polar surface area (TPSA) is 28.5 Å². The van der Waals surface area contributed by atoms with Crippen molar-refractivity contribution in [2.24, 2.45) is 5.92 Å². The monoisotopic (exact) mass is 577 g/mol. The molecule has 0 aliphatic carbocycles. The number of anilines is 1. The molecule has 1 atom stereocenters. The zero-order valence-corrected chi connectivity index (χ0v) is 27.7. The number of nitrogens with zero attached hydrogens (tertiary/aromatic N) is 3. The molecule has 1 aliphatic rings. The Bertz CT molecular complexity index is 1550. The maximum Gasteiger partial charge on any atom is 0.227 e. The molecule has 2 heterocycles. The molecule has 1 aliphatic heterocycles. The van der Waals surface area contributed by atoms with Crippen molar-refractivity contribution >= 4 is 22.5 Å². The van der Waals surface area contributed by atoms with Gasteiger partial charge in [-0.15, -0.1) is 0 Å². The van der Waals surface area contributed by atoms with E-state index in [1.165, 1.54) is 44.3 Å². The van der Waals surface area contributed by atoms with Gasteiger partial charge in [-0.2, -0.15) is 0 Å². The summed E-state index contributed by atoms with van der Waals surface area (Å²) < 4.78 is 2.43. The van der Waals surface area contributed by atoms with Crippen LogP contribution in [0, 0.1) is 5.92 Å². The predicted molar refractivity (Wildman–Crippen MR) is 183 cm³/mol. The van der Waals surface area contributed by atoms with Crippen molar-refractivity contribution in [3.05, 3.63) is 100 Å². The highest BCUT2D eigenvalue weighted by Crippen LogP contribution is 2.35. The van der Waals surface area contributed by atoms with Gasteiger partial charge in [0, 0.05) is 48.8 Å². The first-order chi connectivity index (χ1) is 20.5. The summed E-state index contributed by atoms with van der Waals surface area (Å²) in [6.07, 6.45) is 4.60. The van der Waals surface area contributed by atoms with Crippen molar-refractivity contribution in [1.82, 2.24) is 9.47 Å². The first-order valence-corrected chi connectivity index (χ1v) is 16.3. The summed E-state index contributed by atoms with van der Waals surface area (Å²) in [6, 6.07) is 22.1. The molecule has 0 N–H and O–H groups in total. The van der Waals surface area contributed by atoms with E-state index in [0.29, 0.717) is 30.1 Å². The molecular weight excluding hydrogens is 526 g/mol. The van der Waals surface area contributed by atoms with Gasteiger partial charge in [0.05, 0.1) is 0 Å². The first-order valence-electron chi connectivity index (χ1n) is 16.3. The summed E-state index contributed by atoms with van der Waals surface area (Å²) in [5, 5.41) is 1.26. The molecule has 0 radical (unpaired) electrons. The smallest absolute Gasteiger partial charge is 0.227 e. The van der Waals surface area contributed by atoms with Gasteiger partial charge in [0.15, 0.2) is 0 Å². The number of hydrogen-bond donors (Lipinski definition) is 0. The van der Waals surface area contributed by atoms with Crippen molar-refractivity contribution in [3.63, 3.8) is 0 Å². The van der Waals surface area contributed by atoms with Gasteiger partial charge in [-0.25, -0.2) is 0 Å². The fourth-order valence-electron chi connectivity index (χ4n) is 7.04. The fourth-order valence-corrected chi connectivity index (χ4v) is 7.04. The molecule has 0 saturated heterocycles. The summed E-state index contributed by atoms with van der Waals surface area (Å²) in [7, 11) is 4.24. The summed E-state index contributed by atoms with van der Waals surface area (Å²) in [5.74, 6) is 2.08. The SMILES string of the molecule is CC(C)c1cc(C(C)C)c(Cn2cc(CCC(=O)N3CC(CN(C)C)Cc4ccccc43)c3ccccc32)c(C(C)C)c1. The minimum atomic E-state index is 0.223. The van der Waals surface area contributed by atoms with Crippen molar-refractivity contribution in [3.8, 4) is 0 Å². The van der Waals surface area contributed by atoms with Crippen LogP contribution in [0.2, 0.25) is 0 Å². The van der Waals surface area contributed by atoms with E-state index in [0.717, 1.165) is 38.2 Å². The zero-order valence-electron chi connectivity index (χ0n) is 27.7. The Morgan fingerprint density at radius 2 is 1.53 bits per heavy atom. The lowest BCUT2D eigenvalue weighted by Gasteiger charge is -2.36. The maximum atomic E-state index is 13.8. The number of carbonyl (C=O) groups is 1. The Hall–Kier alpha value is -3.37. The lowest BCUT2D eigenvalue weighted by Crippen LogP contribution is -2.43. The van der Waals surface area contributed by atoms with Crippen molar-refractivity contribution < 1.29 is 4.79 Å². The van der Waals surface area contributed by atoms with Gasteiger partial charge in [-0.05, 0) is 96.1 Å². The average molecular weight is 578 g/mol. The van der Waals surface area contributed by atoms with E-state index in [2.05, 4.69) is 137 Å². The molecule has 0 spiro atoms. The van der Waals surface area contributed by atoms with Crippen LogP contribution in [0.25, 0.3) is 10.9 Å². The normalized spacial score (nSPS) is 15.3. The number of amides is 1. The molecule has 0 saturated carbocycles. The molecule has 3 aromatic carbocycles. The minimum Gasteiger partial charge on any atom is -0.343 e. The van der Waals surface area contributed by atoms with Gasteiger partial charge in [-0.3, -0.25) is 4.79 Å². The van der Waals surface area contributed by atoms with E-state index >= 15 is 0 Å². The Morgan fingerprint density at radius 3 is 2.19 bits per heavy atom. The third-order valence-corrected chi connectivity index (χ3v) is 9.22. The molecule has 4 aromatic rings. The summed E-state index contributed by atoms with van der Waals surface area (Å²) in [4.78, 5) is 18.1. The number of rotatable bonds is 10. The van der Waals surface area contributed by atoms with E-state index in [9.17, 15) is 4.79 Å². The number of para-hydroxylation sites is 2. The van der Waals surface area contributed by atoms with Crippen LogP contribution >= 0.6 is 0 Å². The highest BCUT2D eigenvalue weighted by molar-refractivity contribution is 5.95. The second kappa shape index (κ2) is 13.1. The second-order valence-corrected chi connectivity index (χ2v) is 13.9. The van der Waals surface area contributed by atoms with Gasteiger partial charge >= 0.3 is 0 Å². The third kappa shape index (κ3) is 6.75. The van der Waals surface area contributed by atoms with Crippen LogP contribution in [-0.2, 0) is 24.2 Å². The average Bonchev–Trinajstić information content (AvgIpc) is 3.32. The molecule has 0 bridgehead atoms. The first kappa shape index (κ1) is 31.1. The second-order valence-electron chi connectivity index (χ2n) is 13.9. The van der Waals surface area contributed by atoms with Gasteiger partial charge in [0.25, 0.3) is 0 Å². The predicted octanol–water partition coefficient (Wildman–Crippen LogP) is 8.76. The molecule has 228 valence electrons. The van der Waals surface area contributed by atoms with Crippen LogP contribution < -0.4 is 4.90 Å². The number of carbonyl (C=O) groups excluding carboxylic acids is 1. The number of aryl methyl sites for hydroxylation is 1. The van der Waals surface area contributed by atoms with Gasteiger partial charge in [0.1, 0.15) is 0 Å². The molecule has 5 rings (SSSR count). The minimum absolute atomic E-state index is 0.223. The van der Waals surface area contributed by atoms with Crippen LogP contribution in [0.4, 0.5) is 5.69 Å². The number of hydrogen-bond acceptors (Lipinski definition) is 2. The largest absolute Gasteiger partial charge is 0.343 e. The Morgan fingerprint density at radius 1 is 0.884 bits per heavy atom. The summed E-state index contributed by atoms with van der Waals surface area (Å²) in [6.45, 7) is 16.5. The molecule has 43 heavy (non-hydrogen) atoms. The Labute approximate surface area is 259 Å². The molecular formula is C39H51N3O. The highest BCUT2D eigenvalue weighted by atomic mass is 16.2. The maximum absolute atomic E-state index is 13.8. The third-order valence-electron chi connectivity index (χ3n) is 9.22. The van der Waals surface area contributed by atoms with Crippen LogP contribution in [0.5, 0.6) is 0 Å². The number of fused-ring (bicyclic) bond motifs is 2. The van der Waals surface area contributed by atoms with Gasteiger partial charge in [0.2, 0.25) is 5.91 Å². The molecule has 4 nitrogen and oxygen atoms in total. The van der Waals surface area contributed by atoms with E-state index in [-0.39, 0.29) is 5.91 Å².